The third kappa shape index (κ3) is 4.40. The molecule has 1 unspecified atom stereocenters. The Labute approximate surface area is 244 Å². The summed E-state index contributed by atoms with van der Waals surface area (Å²) in [7, 11) is 0. The van der Waals surface area contributed by atoms with E-state index in [9.17, 15) is 19.5 Å². The minimum absolute atomic E-state index is 0.0796. The van der Waals surface area contributed by atoms with Crippen LogP contribution in [0.4, 0.5) is 0 Å². The maximum atomic E-state index is 14.4. The minimum Gasteiger partial charge on any atom is -0.482 e. The van der Waals surface area contributed by atoms with E-state index in [1.165, 1.54) is 0 Å². The predicted octanol–water partition coefficient (Wildman–Crippen LogP) is 4.17. The largest absolute Gasteiger partial charge is 0.482 e. The van der Waals surface area contributed by atoms with Crippen molar-refractivity contribution in [2.75, 3.05) is 19.6 Å². The lowest BCUT2D eigenvalue weighted by Gasteiger charge is -2.45. The molecule has 4 heterocycles. The molecule has 4 atom stereocenters. The Bertz CT molecular complexity index is 1420. The van der Waals surface area contributed by atoms with Gasteiger partial charge in [-0.25, -0.2) is 0 Å². The maximum absolute atomic E-state index is 14.4. The lowest BCUT2D eigenvalue weighted by Crippen LogP contribution is -2.52. The van der Waals surface area contributed by atoms with E-state index in [0.29, 0.717) is 56.1 Å². The highest BCUT2D eigenvalue weighted by Gasteiger charge is 2.54. The van der Waals surface area contributed by atoms with Gasteiger partial charge in [-0.3, -0.25) is 14.4 Å². The van der Waals surface area contributed by atoms with Gasteiger partial charge in [-0.05, 0) is 62.1 Å². The van der Waals surface area contributed by atoms with Crippen molar-refractivity contribution in [3.63, 3.8) is 0 Å². The summed E-state index contributed by atoms with van der Waals surface area (Å²) >= 11 is 6.78. The predicted molar refractivity (Wildman–Crippen MR) is 148 cm³/mol. The number of benzene rings is 1. The topological polar surface area (TPSA) is 118 Å². The van der Waals surface area contributed by atoms with Gasteiger partial charge in [0.15, 0.2) is 11.9 Å². The zero-order valence-corrected chi connectivity index (χ0v) is 24.1. The first-order chi connectivity index (χ1) is 19.7. The number of fused-ring (bicyclic) bond motifs is 2. The van der Waals surface area contributed by atoms with E-state index in [4.69, 9.17) is 16.3 Å². The van der Waals surface area contributed by atoms with Gasteiger partial charge in [-0.2, -0.15) is 0 Å². The number of nitrogens with zero attached hydrogens (tertiary/aromatic N) is 5. The van der Waals surface area contributed by atoms with Crippen molar-refractivity contribution in [1.29, 1.82) is 0 Å². The summed E-state index contributed by atoms with van der Waals surface area (Å²) < 4.78 is 8.60. The van der Waals surface area contributed by atoms with Gasteiger partial charge in [-0.15, -0.1) is 10.2 Å². The number of carboxylic acids is 1. The van der Waals surface area contributed by atoms with Gasteiger partial charge >= 0.3 is 5.97 Å². The Morgan fingerprint density at radius 2 is 2.00 bits per heavy atom. The lowest BCUT2D eigenvalue weighted by atomic mass is 9.66. The summed E-state index contributed by atoms with van der Waals surface area (Å²) in [4.78, 5) is 43.8. The molecule has 2 aromatic rings. The molecule has 41 heavy (non-hydrogen) atoms. The zero-order valence-electron chi connectivity index (χ0n) is 23.4. The van der Waals surface area contributed by atoms with Gasteiger partial charge in [0.25, 0.3) is 0 Å². The van der Waals surface area contributed by atoms with Crippen LogP contribution < -0.4 is 4.74 Å². The molecule has 11 heteroatoms. The summed E-state index contributed by atoms with van der Waals surface area (Å²) in [5.41, 5.74) is 0.710. The highest BCUT2D eigenvalue weighted by Crippen LogP contribution is 2.54. The summed E-state index contributed by atoms with van der Waals surface area (Å²) in [5, 5.41) is 19.1. The van der Waals surface area contributed by atoms with Crippen molar-refractivity contribution < 1.29 is 24.2 Å². The number of carbonyl (C=O) groups is 3. The third-order valence-corrected chi connectivity index (χ3v) is 10.8. The number of hydrogen-bond acceptors (Lipinski definition) is 6. The fourth-order valence-electron chi connectivity index (χ4n) is 7.73. The summed E-state index contributed by atoms with van der Waals surface area (Å²) in [6.07, 6.45) is 8.00. The van der Waals surface area contributed by atoms with Crippen LogP contribution >= 0.6 is 11.6 Å². The summed E-state index contributed by atoms with van der Waals surface area (Å²) in [6, 6.07) is 3.21. The standard InChI is InChI=1S/C30H36ClN5O5/c1-29(28(39)40)9-3-2-4-19(29)27(38)36-13-7-18-20(31)5-6-22(41-23-8-12-34-17-32-33-26(23)34)25(18)21(36)15-35-16-30(10-11-30)14-24(35)37/h5-6,17,19,21,23H,2-4,7-16H2,1H3,(H,39,40)/t19-,21+,23?,29-/m0/s1. The SMILES string of the molecule is C[C@]1(C(=O)O)CCCC[C@H]1C(=O)N1CCc2c(Cl)ccc(OC3CCn4cnnc43)c2[C@H]1CN1CC2(CC2)CC1=O. The number of aryl methyl sites for hydroxylation is 1. The van der Waals surface area contributed by atoms with E-state index < -0.39 is 23.3 Å². The van der Waals surface area contributed by atoms with Crippen molar-refractivity contribution in [2.45, 2.75) is 83.4 Å². The molecule has 2 saturated carbocycles. The molecule has 10 nitrogen and oxygen atoms in total. The first-order valence-corrected chi connectivity index (χ1v) is 15.2. The van der Waals surface area contributed by atoms with Crippen LogP contribution in [-0.4, -0.2) is 67.1 Å². The van der Waals surface area contributed by atoms with Gasteiger partial charge < -0.3 is 24.2 Å². The number of ether oxygens (including phenoxy) is 1. The minimum atomic E-state index is -1.12. The van der Waals surface area contributed by atoms with E-state index >= 15 is 0 Å². The van der Waals surface area contributed by atoms with Gasteiger partial charge in [0.2, 0.25) is 11.8 Å². The van der Waals surface area contributed by atoms with Gasteiger partial charge in [0.1, 0.15) is 12.1 Å². The number of hydrogen-bond donors (Lipinski definition) is 1. The highest BCUT2D eigenvalue weighted by molar-refractivity contribution is 6.31. The summed E-state index contributed by atoms with van der Waals surface area (Å²) in [6.45, 7) is 3.92. The molecule has 218 valence electrons. The van der Waals surface area contributed by atoms with Crippen molar-refractivity contribution >= 4 is 29.4 Å². The molecule has 5 aliphatic rings. The second kappa shape index (κ2) is 9.71. The molecule has 2 amide bonds. The summed E-state index contributed by atoms with van der Waals surface area (Å²) in [5.74, 6) is -0.191. The molecule has 1 aromatic heterocycles. The number of halogens is 1. The zero-order chi connectivity index (χ0) is 28.5. The Balaban J connectivity index is 1.28. The molecule has 1 spiro atoms. The van der Waals surface area contributed by atoms with E-state index in [-0.39, 0.29) is 23.3 Å². The average Bonchev–Trinajstić information content (AvgIpc) is 3.23. The van der Waals surface area contributed by atoms with Crippen LogP contribution in [0.5, 0.6) is 5.75 Å². The van der Waals surface area contributed by atoms with Crippen LogP contribution in [0.1, 0.15) is 87.4 Å². The molecule has 3 fully saturated rings. The van der Waals surface area contributed by atoms with Crippen LogP contribution in [0.3, 0.4) is 0 Å². The molecule has 3 aliphatic heterocycles. The Morgan fingerprint density at radius 3 is 2.76 bits per heavy atom. The molecular formula is C30H36ClN5O5. The van der Waals surface area contributed by atoms with E-state index in [1.807, 2.05) is 26.5 Å². The molecule has 7 rings (SSSR count). The molecule has 0 radical (unpaired) electrons. The van der Waals surface area contributed by atoms with Gasteiger partial charge in [0, 0.05) is 49.6 Å². The Kier molecular flexibility index (Phi) is 6.33. The van der Waals surface area contributed by atoms with Crippen LogP contribution in [-0.2, 0) is 27.3 Å². The monoisotopic (exact) mass is 581 g/mol. The number of amides is 2. The van der Waals surface area contributed by atoms with Crippen molar-refractivity contribution in [1.82, 2.24) is 24.6 Å². The number of aromatic nitrogens is 3. The average molecular weight is 582 g/mol. The molecule has 0 bridgehead atoms. The second-order valence-corrected chi connectivity index (χ2v) is 13.4. The van der Waals surface area contributed by atoms with Crippen LogP contribution in [0, 0.1) is 16.7 Å². The highest BCUT2D eigenvalue weighted by atomic mass is 35.5. The number of aliphatic carboxylic acids is 1. The fourth-order valence-corrected chi connectivity index (χ4v) is 7.99. The second-order valence-electron chi connectivity index (χ2n) is 13.0. The first kappa shape index (κ1) is 26.7. The quantitative estimate of drug-likeness (QED) is 0.544. The molecular weight excluding hydrogens is 546 g/mol. The first-order valence-electron chi connectivity index (χ1n) is 14.9. The molecule has 1 saturated heterocycles. The Hall–Kier alpha value is -3.14. The van der Waals surface area contributed by atoms with Crippen LogP contribution in [0.15, 0.2) is 18.5 Å². The van der Waals surface area contributed by atoms with Crippen molar-refractivity contribution in [3.8, 4) is 5.75 Å². The number of rotatable bonds is 6. The maximum Gasteiger partial charge on any atom is 0.310 e. The van der Waals surface area contributed by atoms with Crippen molar-refractivity contribution in [2.24, 2.45) is 16.7 Å². The van der Waals surface area contributed by atoms with Gasteiger partial charge in [-0.1, -0.05) is 24.4 Å². The van der Waals surface area contributed by atoms with Gasteiger partial charge in [0.05, 0.1) is 17.4 Å². The van der Waals surface area contributed by atoms with Crippen molar-refractivity contribution in [3.05, 3.63) is 40.4 Å². The molecule has 1 aromatic carbocycles. The lowest BCUT2D eigenvalue weighted by molar-refractivity contribution is -0.162. The Morgan fingerprint density at radius 1 is 1.17 bits per heavy atom. The number of carbonyl (C=O) groups excluding carboxylic acids is 2. The smallest absolute Gasteiger partial charge is 0.310 e. The molecule has 2 aliphatic carbocycles. The fraction of sp³-hybridized carbons (Fsp3) is 0.633. The molecule has 1 N–H and O–H groups in total. The third-order valence-electron chi connectivity index (χ3n) is 10.4. The number of likely N-dealkylation sites (tertiary alicyclic amines) is 1. The number of carboxylic acid groups (broad SMARTS) is 1. The van der Waals surface area contributed by atoms with Crippen LogP contribution in [0.2, 0.25) is 5.02 Å². The van der Waals surface area contributed by atoms with E-state index in [2.05, 4.69) is 10.2 Å². The van der Waals surface area contributed by atoms with E-state index in [1.54, 1.807) is 13.3 Å². The van der Waals surface area contributed by atoms with E-state index in [0.717, 1.165) is 55.6 Å². The normalized spacial score (nSPS) is 29.9. The van der Waals surface area contributed by atoms with Crippen LogP contribution in [0.25, 0.3) is 0 Å².